The van der Waals surface area contributed by atoms with Crippen LogP contribution < -0.4 is 5.32 Å². The smallest absolute Gasteiger partial charge is 0.401 e. The summed E-state index contributed by atoms with van der Waals surface area (Å²) in [7, 11) is 0. The Hall–Kier alpha value is -2.10. The molecule has 0 aliphatic heterocycles. The van der Waals surface area contributed by atoms with Crippen LogP contribution in [0.2, 0.25) is 0 Å². The highest BCUT2D eigenvalue weighted by Crippen LogP contribution is 2.28. The van der Waals surface area contributed by atoms with Gasteiger partial charge in [-0.3, -0.25) is 4.79 Å². The van der Waals surface area contributed by atoms with Crippen molar-refractivity contribution in [2.24, 2.45) is 5.92 Å². The fourth-order valence-electron chi connectivity index (χ4n) is 1.74. The Morgan fingerprint density at radius 3 is 2.26 bits per heavy atom. The molecule has 0 fully saturated rings. The van der Waals surface area contributed by atoms with Gasteiger partial charge in [-0.25, -0.2) is 4.79 Å². The van der Waals surface area contributed by atoms with Crippen molar-refractivity contribution in [1.29, 1.82) is 0 Å². The molecule has 0 heterocycles. The standard InChI is InChI=1S/C13H14F3NO5S/c14-13(15,16)7(5-23)11(20)17-8(12(21)22)3-6-1-2-9(18)10(19)4-6/h1-2,4,7-8,18-19,23H,3,5H2,(H,17,20)(H,21,22)/t7?,8-/m1/s1. The van der Waals surface area contributed by atoms with Gasteiger partial charge in [0.15, 0.2) is 11.5 Å². The lowest BCUT2D eigenvalue weighted by Gasteiger charge is -2.21. The van der Waals surface area contributed by atoms with Gasteiger partial charge in [-0.1, -0.05) is 6.07 Å². The minimum Gasteiger partial charge on any atom is -0.504 e. The van der Waals surface area contributed by atoms with E-state index >= 15 is 0 Å². The zero-order valence-corrected chi connectivity index (χ0v) is 12.4. The van der Waals surface area contributed by atoms with Crippen LogP contribution in [-0.2, 0) is 16.0 Å². The molecule has 0 saturated carbocycles. The summed E-state index contributed by atoms with van der Waals surface area (Å²) in [6.45, 7) is 0. The van der Waals surface area contributed by atoms with Gasteiger partial charge in [0.2, 0.25) is 5.91 Å². The fourth-order valence-corrected chi connectivity index (χ4v) is 2.11. The summed E-state index contributed by atoms with van der Waals surface area (Å²) in [5.74, 6) is -7.23. The number of carbonyl (C=O) groups excluding carboxylic acids is 1. The average Bonchev–Trinajstić information content (AvgIpc) is 2.41. The first kappa shape index (κ1) is 18.9. The molecule has 0 aromatic heterocycles. The highest BCUT2D eigenvalue weighted by atomic mass is 32.1. The Morgan fingerprint density at radius 1 is 1.22 bits per heavy atom. The number of amides is 1. The first-order valence-electron chi connectivity index (χ1n) is 6.28. The Balaban J connectivity index is 2.89. The van der Waals surface area contributed by atoms with Gasteiger partial charge >= 0.3 is 12.1 Å². The van der Waals surface area contributed by atoms with Gasteiger partial charge in [-0.15, -0.1) is 0 Å². The highest BCUT2D eigenvalue weighted by Gasteiger charge is 2.44. The number of aromatic hydroxyl groups is 2. The predicted molar refractivity (Wildman–Crippen MR) is 76.4 cm³/mol. The number of hydrogen-bond donors (Lipinski definition) is 5. The molecule has 1 amide bonds. The number of nitrogens with one attached hydrogen (secondary N) is 1. The van der Waals surface area contributed by atoms with E-state index in [1.54, 1.807) is 5.32 Å². The number of rotatable bonds is 6. The van der Waals surface area contributed by atoms with Crippen LogP contribution in [0.15, 0.2) is 18.2 Å². The largest absolute Gasteiger partial charge is 0.504 e. The number of carboxylic acid groups (broad SMARTS) is 1. The number of aliphatic carboxylic acids is 1. The Labute approximate surface area is 134 Å². The van der Waals surface area contributed by atoms with E-state index in [-0.39, 0.29) is 12.0 Å². The molecule has 1 unspecified atom stereocenters. The number of carboxylic acids is 1. The van der Waals surface area contributed by atoms with E-state index in [0.717, 1.165) is 12.1 Å². The molecule has 1 aromatic rings. The summed E-state index contributed by atoms with van der Waals surface area (Å²) < 4.78 is 37.9. The van der Waals surface area contributed by atoms with E-state index in [4.69, 9.17) is 10.2 Å². The molecule has 4 N–H and O–H groups in total. The number of halogens is 3. The van der Waals surface area contributed by atoms with Crippen LogP contribution in [0, 0.1) is 5.92 Å². The van der Waals surface area contributed by atoms with Gasteiger partial charge in [0.1, 0.15) is 12.0 Å². The Kier molecular flexibility index (Phi) is 6.13. The van der Waals surface area contributed by atoms with Crippen LogP contribution in [-0.4, -0.2) is 45.2 Å². The quantitative estimate of drug-likeness (QED) is 0.392. The van der Waals surface area contributed by atoms with Crippen molar-refractivity contribution in [3.8, 4) is 11.5 Å². The minimum absolute atomic E-state index is 0.211. The van der Waals surface area contributed by atoms with Crippen molar-refractivity contribution in [2.45, 2.75) is 18.6 Å². The number of benzene rings is 1. The van der Waals surface area contributed by atoms with Crippen molar-refractivity contribution in [3.63, 3.8) is 0 Å². The Bertz CT molecular complexity index is 593. The molecule has 0 aliphatic rings. The lowest BCUT2D eigenvalue weighted by molar-refractivity contribution is -0.178. The van der Waals surface area contributed by atoms with E-state index in [1.807, 2.05) is 0 Å². The van der Waals surface area contributed by atoms with E-state index in [2.05, 4.69) is 12.6 Å². The minimum atomic E-state index is -4.84. The maximum absolute atomic E-state index is 12.6. The normalized spacial score (nSPS) is 14.1. The monoisotopic (exact) mass is 353 g/mol. The van der Waals surface area contributed by atoms with Crippen molar-refractivity contribution < 1.29 is 38.1 Å². The van der Waals surface area contributed by atoms with Crippen LogP contribution in [0.25, 0.3) is 0 Å². The van der Waals surface area contributed by atoms with Crippen LogP contribution in [0.4, 0.5) is 13.2 Å². The molecule has 0 bridgehead atoms. The number of phenols is 2. The molecule has 6 nitrogen and oxygen atoms in total. The van der Waals surface area contributed by atoms with Crippen LogP contribution in [0.1, 0.15) is 5.56 Å². The van der Waals surface area contributed by atoms with Gasteiger partial charge in [0, 0.05) is 12.2 Å². The molecule has 0 saturated heterocycles. The second-order valence-corrected chi connectivity index (χ2v) is 5.07. The van der Waals surface area contributed by atoms with Crippen molar-refractivity contribution in [3.05, 3.63) is 23.8 Å². The van der Waals surface area contributed by atoms with Gasteiger partial charge in [0.25, 0.3) is 0 Å². The molecule has 1 rings (SSSR count). The maximum Gasteiger partial charge on any atom is 0.401 e. The zero-order valence-electron chi connectivity index (χ0n) is 11.5. The second kappa shape index (κ2) is 7.44. The van der Waals surface area contributed by atoms with Crippen molar-refractivity contribution in [2.75, 3.05) is 5.75 Å². The predicted octanol–water partition coefficient (Wildman–Crippen LogP) is 1.32. The molecule has 10 heteroatoms. The van der Waals surface area contributed by atoms with E-state index < -0.39 is 47.3 Å². The number of alkyl halides is 3. The molecular weight excluding hydrogens is 339 g/mol. The summed E-state index contributed by atoms with van der Waals surface area (Å²) in [6.07, 6.45) is -5.21. The Morgan fingerprint density at radius 2 is 1.83 bits per heavy atom. The van der Waals surface area contributed by atoms with Crippen molar-refractivity contribution >= 4 is 24.5 Å². The first-order valence-corrected chi connectivity index (χ1v) is 6.91. The second-order valence-electron chi connectivity index (χ2n) is 4.70. The first-order chi connectivity index (χ1) is 10.6. The van der Waals surface area contributed by atoms with E-state index in [1.165, 1.54) is 6.07 Å². The average molecular weight is 353 g/mol. The topological polar surface area (TPSA) is 107 Å². The number of hydrogen-bond acceptors (Lipinski definition) is 5. The molecule has 1 aromatic carbocycles. The van der Waals surface area contributed by atoms with Gasteiger partial charge < -0.3 is 20.6 Å². The lowest BCUT2D eigenvalue weighted by Crippen LogP contribution is -2.48. The fraction of sp³-hybridized carbons (Fsp3) is 0.385. The van der Waals surface area contributed by atoms with Gasteiger partial charge in [0.05, 0.1) is 0 Å². The molecule has 0 aliphatic carbocycles. The molecule has 0 radical (unpaired) electrons. The molecule has 2 atom stereocenters. The SMILES string of the molecule is O=C(N[C@H](Cc1ccc(O)c(O)c1)C(=O)O)C(CS)C(F)(F)F. The van der Waals surface area contributed by atoms with Crippen LogP contribution in [0.5, 0.6) is 11.5 Å². The third-order valence-electron chi connectivity index (χ3n) is 2.99. The molecule has 23 heavy (non-hydrogen) atoms. The summed E-state index contributed by atoms with van der Waals surface area (Å²) in [5.41, 5.74) is 0.211. The number of carbonyl (C=O) groups is 2. The third kappa shape index (κ3) is 5.23. The van der Waals surface area contributed by atoms with Gasteiger partial charge in [-0.2, -0.15) is 25.8 Å². The van der Waals surface area contributed by atoms with Crippen LogP contribution >= 0.6 is 12.6 Å². The number of phenolic OH excluding ortho intramolecular Hbond substituents is 2. The van der Waals surface area contributed by atoms with E-state index in [9.17, 15) is 27.9 Å². The van der Waals surface area contributed by atoms with Crippen molar-refractivity contribution in [1.82, 2.24) is 5.32 Å². The zero-order chi connectivity index (χ0) is 17.8. The molecule has 0 spiro atoms. The lowest BCUT2D eigenvalue weighted by atomic mass is 10.0. The summed E-state index contributed by atoms with van der Waals surface area (Å²) in [6, 6.07) is 1.79. The summed E-state index contributed by atoms with van der Waals surface area (Å²) in [5, 5.41) is 29.3. The summed E-state index contributed by atoms with van der Waals surface area (Å²) in [4.78, 5) is 22.7. The third-order valence-corrected chi connectivity index (χ3v) is 3.35. The maximum atomic E-state index is 12.6. The van der Waals surface area contributed by atoms with E-state index in [0.29, 0.717) is 0 Å². The molecular formula is C13H14F3NO5S. The number of thiol groups is 1. The van der Waals surface area contributed by atoms with Gasteiger partial charge in [-0.05, 0) is 17.7 Å². The highest BCUT2D eigenvalue weighted by molar-refractivity contribution is 7.80. The summed E-state index contributed by atoms with van der Waals surface area (Å²) >= 11 is 3.46. The molecule has 128 valence electrons. The van der Waals surface area contributed by atoms with Crippen LogP contribution in [0.3, 0.4) is 0 Å².